The first-order valence-electron chi connectivity index (χ1n) is 9.54. The first kappa shape index (κ1) is 21.0. The lowest BCUT2D eigenvalue weighted by Gasteiger charge is -2.10. The molecule has 4 rings (SSSR count). The maximum absolute atomic E-state index is 12.5. The van der Waals surface area contributed by atoms with Gasteiger partial charge in [0.15, 0.2) is 0 Å². The summed E-state index contributed by atoms with van der Waals surface area (Å²) in [6, 6.07) is 18.1. The molecule has 0 fully saturated rings. The SMILES string of the molecule is Cc1cc(C=NNC(=O)c2cc3ccccc3cc2O)c(C)n1-c1ccc(Cl)c(Cl)c1. The molecule has 5 nitrogen and oxygen atoms in total. The molecule has 1 aromatic heterocycles. The number of nitrogens with zero attached hydrogens (tertiary/aromatic N) is 2. The molecule has 0 saturated heterocycles. The topological polar surface area (TPSA) is 66.6 Å². The van der Waals surface area contributed by atoms with Gasteiger partial charge in [-0.15, -0.1) is 0 Å². The molecule has 0 radical (unpaired) electrons. The van der Waals surface area contributed by atoms with Crippen LogP contribution in [0.4, 0.5) is 0 Å². The minimum absolute atomic E-state index is 0.0933. The van der Waals surface area contributed by atoms with Crippen molar-refractivity contribution in [1.82, 2.24) is 9.99 Å². The standard InChI is InChI=1S/C24H19Cl2N3O2/c1-14-9-18(15(2)29(14)19-7-8-21(25)22(26)12-19)13-27-28-24(31)20-10-16-5-3-4-6-17(16)11-23(20)30/h3-13,30H,1-2H3,(H,28,31). The number of hydrogen-bond acceptors (Lipinski definition) is 3. The van der Waals surface area contributed by atoms with Gasteiger partial charge >= 0.3 is 0 Å². The zero-order valence-corrected chi connectivity index (χ0v) is 18.4. The number of aryl methyl sites for hydroxylation is 1. The average Bonchev–Trinajstić information content (AvgIpc) is 3.02. The van der Waals surface area contributed by atoms with E-state index in [9.17, 15) is 9.90 Å². The third-order valence-electron chi connectivity index (χ3n) is 5.11. The Labute approximate surface area is 189 Å². The predicted octanol–water partition coefficient (Wildman–Crippen LogP) is 6.02. The first-order chi connectivity index (χ1) is 14.8. The fourth-order valence-electron chi connectivity index (χ4n) is 3.57. The molecule has 31 heavy (non-hydrogen) atoms. The van der Waals surface area contributed by atoms with Crippen LogP contribution in [0.5, 0.6) is 5.75 Å². The van der Waals surface area contributed by atoms with Gasteiger partial charge in [0.25, 0.3) is 5.91 Å². The van der Waals surface area contributed by atoms with E-state index in [0.717, 1.165) is 33.4 Å². The number of aromatic nitrogens is 1. The molecular weight excluding hydrogens is 433 g/mol. The van der Waals surface area contributed by atoms with Crippen LogP contribution in [-0.2, 0) is 0 Å². The van der Waals surface area contributed by atoms with Gasteiger partial charge in [0.2, 0.25) is 0 Å². The maximum Gasteiger partial charge on any atom is 0.275 e. The summed E-state index contributed by atoms with van der Waals surface area (Å²) in [5.74, 6) is -0.581. The van der Waals surface area contributed by atoms with E-state index in [4.69, 9.17) is 23.2 Å². The van der Waals surface area contributed by atoms with Crippen molar-refractivity contribution in [3.63, 3.8) is 0 Å². The molecule has 0 bridgehead atoms. The average molecular weight is 452 g/mol. The normalized spacial score (nSPS) is 11.4. The van der Waals surface area contributed by atoms with Crippen LogP contribution in [0.3, 0.4) is 0 Å². The largest absolute Gasteiger partial charge is 0.507 e. The van der Waals surface area contributed by atoms with Crippen molar-refractivity contribution in [2.75, 3.05) is 0 Å². The smallest absolute Gasteiger partial charge is 0.275 e. The minimum atomic E-state index is -0.488. The van der Waals surface area contributed by atoms with Crippen LogP contribution in [-0.4, -0.2) is 21.8 Å². The number of benzene rings is 3. The number of phenols is 1. The second-order valence-corrected chi connectivity index (χ2v) is 7.99. The van der Waals surface area contributed by atoms with Crippen LogP contribution < -0.4 is 5.43 Å². The molecule has 4 aromatic rings. The number of carbonyl (C=O) groups excluding carboxylic acids is 1. The first-order valence-corrected chi connectivity index (χ1v) is 10.3. The number of hydrazone groups is 1. The highest BCUT2D eigenvalue weighted by molar-refractivity contribution is 6.42. The van der Waals surface area contributed by atoms with Crippen molar-refractivity contribution in [3.05, 3.63) is 93.2 Å². The number of nitrogens with one attached hydrogen (secondary N) is 1. The molecule has 156 valence electrons. The number of phenolic OH excluding ortho intramolecular Hbond substituents is 1. The Morgan fingerprint density at radius 3 is 2.42 bits per heavy atom. The Hall–Kier alpha value is -3.28. The zero-order valence-electron chi connectivity index (χ0n) is 16.9. The predicted molar refractivity (Wildman–Crippen MR) is 126 cm³/mol. The summed E-state index contributed by atoms with van der Waals surface area (Å²) in [6.45, 7) is 3.92. The maximum atomic E-state index is 12.5. The number of amides is 1. The molecule has 0 saturated carbocycles. The molecule has 0 unspecified atom stereocenters. The fraction of sp³-hybridized carbons (Fsp3) is 0.0833. The van der Waals surface area contributed by atoms with Crippen molar-refractivity contribution in [3.8, 4) is 11.4 Å². The highest BCUT2D eigenvalue weighted by Crippen LogP contribution is 2.27. The van der Waals surface area contributed by atoms with Gasteiger partial charge in [-0.1, -0.05) is 47.5 Å². The summed E-state index contributed by atoms with van der Waals surface area (Å²) in [7, 11) is 0. The van der Waals surface area contributed by atoms with Gasteiger partial charge < -0.3 is 9.67 Å². The monoisotopic (exact) mass is 451 g/mol. The summed E-state index contributed by atoms with van der Waals surface area (Å²) >= 11 is 12.2. The Balaban J connectivity index is 1.56. The van der Waals surface area contributed by atoms with Gasteiger partial charge in [-0.3, -0.25) is 4.79 Å². The summed E-state index contributed by atoms with van der Waals surface area (Å²) < 4.78 is 2.03. The van der Waals surface area contributed by atoms with Crippen LogP contribution in [0.25, 0.3) is 16.5 Å². The van der Waals surface area contributed by atoms with Crippen LogP contribution in [0.15, 0.2) is 65.8 Å². The Morgan fingerprint density at radius 1 is 1.00 bits per heavy atom. The van der Waals surface area contributed by atoms with Crippen LogP contribution in [0.1, 0.15) is 27.3 Å². The molecular formula is C24H19Cl2N3O2. The van der Waals surface area contributed by atoms with E-state index in [1.807, 2.05) is 54.8 Å². The molecule has 0 atom stereocenters. The summed E-state index contributed by atoms with van der Waals surface area (Å²) in [4.78, 5) is 12.5. The number of halogens is 2. The van der Waals surface area contributed by atoms with Gasteiger partial charge in [-0.25, -0.2) is 5.43 Å². The van der Waals surface area contributed by atoms with Crippen molar-refractivity contribution >= 4 is 46.1 Å². The Bertz CT molecular complexity index is 1340. The zero-order chi connectivity index (χ0) is 22.1. The molecule has 0 aliphatic heterocycles. The van der Waals surface area contributed by atoms with Crippen LogP contribution in [0, 0.1) is 13.8 Å². The van der Waals surface area contributed by atoms with E-state index in [-0.39, 0.29) is 11.3 Å². The lowest BCUT2D eigenvalue weighted by Crippen LogP contribution is -2.17. The molecule has 1 heterocycles. The number of carbonyl (C=O) groups is 1. The van der Waals surface area contributed by atoms with Gasteiger partial charge in [-0.05, 0) is 61.0 Å². The second kappa shape index (κ2) is 8.46. The number of fused-ring (bicyclic) bond motifs is 1. The fourth-order valence-corrected chi connectivity index (χ4v) is 3.86. The van der Waals surface area contributed by atoms with Crippen molar-refractivity contribution in [1.29, 1.82) is 0 Å². The molecule has 0 spiro atoms. The Morgan fingerprint density at radius 2 is 1.71 bits per heavy atom. The van der Waals surface area contributed by atoms with E-state index >= 15 is 0 Å². The second-order valence-electron chi connectivity index (χ2n) is 7.18. The number of hydrogen-bond donors (Lipinski definition) is 2. The Kier molecular flexibility index (Phi) is 5.72. The van der Waals surface area contributed by atoms with E-state index in [1.165, 1.54) is 0 Å². The quantitative estimate of drug-likeness (QED) is 0.294. The highest BCUT2D eigenvalue weighted by atomic mass is 35.5. The van der Waals surface area contributed by atoms with Gasteiger partial charge in [0.05, 0.1) is 21.8 Å². The third-order valence-corrected chi connectivity index (χ3v) is 5.85. The van der Waals surface area contributed by atoms with Crippen LogP contribution in [0.2, 0.25) is 10.0 Å². The number of aromatic hydroxyl groups is 1. The highest BCUT2D eigenvalue weighted by Gasteiger charge is 2.13. The molecule has 2 N–H and O–H groups in total. The summed E-state index contributed by atoms with van der Waals surface area (Å²) in [6.07, 6.45) is 1.58. The van der Waals surface area contributed by atoms with Crippen molar-refractivity contribution in [2.45, 2.75) is 13.8 Å². The third kappa shape index (κ3) is 4.15. The van der Waals surface area contributed by atoms with Crippen molar-refractivity contribution in [2.24, 2.45) is 5.10 Å². The molecule has 7 heteroatoms. The van der Waals surface area contributed by atoms with E-state index < -0.39 is 5.91 Å². The van der Waals surface area contributed by atoms with Gasteiger partial charge in [0.1, 0.15) is 5.75 Å². The lowest BCUT2D eigenvalue weighted by atomic mass is 10.1. The van der Waals surface area contributed by atoms with Gasteiger partial charge in [-0.2, -0.15) is 5.10 Å². The van der Waals surface area contributed by atoms with Gasteiger partial charge in [0, 0.05) is 22.6 Å². The molecule has 0 aliphatic carbocycles. The van der Waals surface area contributed by atoms with E-state index in [0.29, 0.717) is 10.0 Å². The molecule has 1 amide bonds. The molecule has 0 aliphatic rings. The van der Waals surface area contributed by atoms with Crippen LogP contribution >= 0.6 is 23.2 Å². The lowest BCUT2D eigenvalue weighted by molar-refractivity contribution is 0.0952. The van der Waals surface area contributed by atoms with Crippen molar-refractivity contribution < 1.29 is 9.90 Å². The number of rotatable bonds is 4. The van der Waals surface area contributed by atoms with E-state index in [2.05, 4.69) is 10.5 Å². The summed E-state index contributed by atoms with van der Waals surface area (Å²) in [5, 5.41) is 17.0. The summed E-state index contributed by atoms with van der Waals surface area (Å²) in [5.41, 5.74) is 6.29. The molecule has 3 aromatic carbocycles. The van der Waals surface area contributed by atoms with E-state index in [1.54, 1.807) is 30.5 Å². The minimum Gasteiger partial charge on any atom is -0.507 e.